The summed E-state index contributed by atoms with van der Waals surface area (Å²) >= 11 is 0. The number of sulfonamides is 1. The molecular formula is C27H23NO4S. The first-order valence-electron chi connectivity index (χ1n) is 10.6. The SMILES string of the molecule is Cc1ccc(S(=O)(=O)N2Cc3c(O)c(-c4ccccc4)c(O)c(-c4ccccc4)c3C2)cc1. The summed E-state index contributed by atoms with van der Waals surface area (Å²) in [5, 5.41) is 22.6. The molecule has 33 heavy (non-hydrogen) atoms. The smallest absolute Gasteiger partial charge is 0.243 e. The molecule has 166 valence electrons. The molecule has 0 unspecified atom stereocenters. The van der Waals surface area contributed by atoms with E-state index in [1.807, 2.05) is 67.6 Å². The Hall–Kier alpha value is -3.61. The monoisotopic (exact) mass is 457 g/mol. The predicted molar refractivity (Wildman–Crippen MR) is 128 cm³/mol. The van der Waals surface area contributed by atoms with E-state index >= 15 is 0 Å². The summed E-state index contributed by atoms with van der Waals surface area (Å²) in [6.07, 6.45) is 0. The van der Waals surface area contributed by atoms with Crippen LogP contribution in [0.15, 0.2) is 89.8 Å². The molecule has 0 atom stereocenters. The van der Waals surface area contributed by atoms with Gasteiger partial charge in [-0.05, 0) is 35.7 Å². The first kappa shape index (κ1) is 21.2. The molecule has 0 saturated heterocycles. The Morgan fingerprint density at radius 3 is 1.76 bits per heavy atom. The van der Waals surface area contributed by atoms with Crippen LogP contribution in [-0.2, 0) is 23.1 Å². The second kappa shape index (κ2) is 8.06. The quantitative estimate of drug-likeness (QED) is 0.427. The minimum absolute atomic E-state index is 0.0251. The van der Waals surface area contributed by atoms with E-state index in [1.165, 1.54) is 4.31 Å². The average molecular weight is 458 g/mol. The highest BCUT2D eigenvalue weighted by molar-refractivity contribution is 7.89. The van der Waals surface area contributed by atoms with Gasteiger partial charge in [-0.3, -0.25) is 0 Å². The van der Waals surface area contributed by atoms with Gasteiger partial charge in [0.25, 0.3) is 0 Å². The highest BCUT2D eigenvalue weighted by Crippen LogP contribution is 2.51. The Morgan fingerprint density at radius 1 is 0.667 bits per heavy atom. The Balaban J connectivity index is 1.70. The molecule has 0 fully saturated rings. The topological polar surface area (TPSA) is 77.8 Å². The number of aromatic hydroxyl groups is 2. The van der Waals surface area contributed by atoms with Crippen molar-refractivity contribution >= 4 is 10.0 Å². The van der Waals surface area contributed by atoms with E-state index in [4.69, 9.17) is 0 Å². The zero-order chi connectivity index (χ0) is 23.2. The Labute approximate surface area is 193 Å². The molecule has 0 radical (unpaired) electrons. The molecule has 0 spiro atoms. The van der Waals surface area contributed by atoms with Crippen LogP contribution in [0.25, 0.3) is 22.3 Å². The lowest BCUT2D eigenvalue weighted by Crippen LogP contribution is -2.25. The molecule has 4 aromatic rings. The fourth-order valence-corrected chi connectivity index (χ4v) is 5.78. The summed E-state index contributed by atoms with van der Waals surface area (Å²) < 4.78 is 28.1. The normalized spacial score (nSPS) is 13.7. The van der Waals surface area contributed by atoms with Crippen LogP contribution in [0.5, 0.6) is 11.5 Å². The average Bonchev–Trinajstić information content (AvgIpc) is 3.27. The van der Waals surface area contributed by atoms with Crippen LogP contribution >= 0.6 is 0 Å². The van der Waals surface area contributed by atoms with Gasteiger partial charge in [-0.15, -0.1) is 0 Å². The maximum atomic E-state index is 13.4. The standard InChI is InChI=1S/C27H23NO4S/c1-18-12-14-21(15-13-18)33(31,32)28-16-22-23(17-28)26(29)25(20-10-6-3-7-11-20)27(30)24(22)19-8-4-2-5-9-19/h2-15,29-30H,16-17H2,1H3. The number of rotatable bonds is 4. The highest BCUT2D eigenvalue weighted by Gasteiger charge is 2.37. The van der Waals surface area contributed by atoms with Crippen molar-refractivity contribution in [2.75, 3.05) is 0 Å². The number of phenols is 2. The van der Waals surface area contributed by atoms with Gasteiger partial charge in [0.1, 0.15) is 11.5 Å². The number of hydrogen-bond donors (Lipinski definition) is 2. The van der Waals surface area contributed by atoms with Crippen molar-refractivity contribution in [3.63, 3.8) is 0 Å². The lowest BCUT2D eigenvalue weighted by Gasteiger charge is -2.17. The van der Waals surface area contributed by atoms with Crippen molar-refractivity contribution in [2.45, 2.75) is 24.9 Å². The van der Waals surface area contributed by atoms with Crippen molar-refractivity contribution < 1.29 is 18.6 Å². The third kappa shape index (κ3) is 3.57. The van der Waals surface area contributed by atoms with Crippen molar-refractivity contribution in [1.82, 2.24) is 4.31 Å². The number of benzene rings is 4. The Kier molecular flexibility index (Phi) is 5.19. The number of nitrogens with zero attached hydrogens (tertiary/aromatic N) is 1. The van der Waals surface area contributed by atoms with Gasteiger partial charge >= 0.3 is 0 Å². The largest absolute Gasteiger partial charge is 0.507 e. The number of phenolic OH excluding ortho intramolecular Hbond substituents is 2. The molecule has 0 aliphatic carbocycles. The van der Waals surface area contributed by atoms with Crippen LogP contribution in [0.2, 0.25) is 0 Å². The fourth-order valence-electron chi connectivity index (χ4n) is 4.40. The Morgan fingerprint density at radius 2 is 1.18 bits per heavy atom. The van der Waals surface area contributed by atoms with Crippen molar-refractivity contribution in [3.05, 3.63) is 102 Å². The van der Waals surface area contributed by atoms with Crippen molar-refractivity contribution in [2.24, 2.45) is 0 Å². The second-order valence-corrected chi connectivity index (χ2v) is 10.2. The molecule has 4 aromatic carbocycles. The zero-order valence-electron chi connectivity index (χ0n) is 18.1. The van der Waals surface area contributed by atoms with Crippen molar-refractivity contribution in [3.8, 4) is 33.8 Å². The third-order valence-corrected chi connectivity index (χ3v) is 7.92. The zero-order valence-corrected chi connectivity index (χ0v) is 18.9. The molecule has 1 aliphatic heterocycles. The van der Waals surface area contributed by atoms with Crippen LogP contribution in [0.1, 0.15) is 16.7 Å². The number of fused-ring (bicyclic) bond motifs is 1. The minimum atomic E-state index is -3.79. The van der Waals surface area contributed by atoms with Gasteiger partial charge in [0, 0.05) is 24.2 Å². The lowest BCUT2D eigenvalue weighted by molar-refractivity contribution is 0.422. The maximum absolute atomic E-state index is 13.4. The van der Waals surface area contributed by atoms with E-state index < -0.39 is 10.0 Å². The van der Waals surface area contributed by atoms with Gasteiger partial charge in [0.15, 0.2) is 0 Å². The van der Waals surface area contributed by atoms with Crippen LogP contribution in [0.4, 0.5) is 0 Å². The summed E-state index contributed by atoms with van der Waals surface area (Å²) in [5.74, 6) is -0.145. The Bertz CT molecular complexity index is 1430. The van der Waals surface area contributed by atoms with E-state index in [0.717, 1.165) is 11.1 Å². The molecular weight excluding hydrogens is 434 g/mol. The summed E-state index contributed by atoms with van der Waals surface area (Å²) in [6, 6.07) is 25.2. The van der Waals surface area contributed by atoms with Gasteiger partial charge in [-0.25, -0.2) is 8.42 Å². The summed E-state index contributed by atoms with van der Waals surface area (Å²) in [5.41, 5.74) is 4.38. The number of aryl methyl sites for hydroxylation is 1. The molecule has 5 rings (SSSR count). The highest BCUT2D eigenvalue weighted by atomic mass is 32.2. The van der Waals surface area contributed by atoms with Crippen LogP contribution in [0, 0.1) is 6.92 Å². The molecule has 0 amide bonds. The number of hydrogen-bond acceptors (Lipinski definition) is 4. The van der Waals surface area contributed by atoms with Gasteiger partial charge in [-0.2, -0.15) is 4.31 Å². The molecule has 0 bridgehead atoms. The fraction of sp³-hybridized carbons (Fsp3) is 0.111. The molecule has 6 heteroatoms. The molecule has 0 saturated carbocycles. The minimum Gasteiger partial charge on any atom is -0.507 e. The van der Waals surface area contributed by atoms with Gasteiger partial charge in [0.2, 0.25) is 10.0 Å². The molecule has 5 nitrogen and oxygen atoms in total. The molecule has 1 aliphatic rings. The van der Waals surface area contributed by atoms with E-state index in [1.54, 1.807) is 24.3 Å². The molecule has 1 heterocycles. The summed E-state index contributed by atoms with van der Waals surface area (Å²) in [4.78, 5) is 0.203. The van der Waals surface area contributed by atoms with Gasteiger partial charge in [-0.1, -0.05) is 78.4 Å². The van der Waals surface area contributed by atoms with Crippen LogP contribution in [-0.4, -0.2) is 22.9 Å². The third-order valence-electron chi connectivity index (χ3n) is 6.11. The summed E-state index contributed by atoms with van der Waals surface area (Å²) in [6.45, 7) is 1.99. The maximum Gasteiger partial charge on any atom is 0.243 e. The predicted octanol–water partition coefficient (Wildman–Crippen LogP) is 5.44. The molecule has 2 N–H and O–H groups in total. The first-order chi connectivity index (χ1) is 15.9. The van der Waals surface area contributed by atoms with Gasteiger partial charge < -0.3 is 10.2 Å². The van der Waals surface area contributed by atoms with E-state index in [0.29, 0.717) is 27.8 Å². The van der Waals surface area contributed by atoms with E-state index in [9.17, 15) is 18.6 Å². The van der Waals surface area contributed by atoms with E-state index in [-0.39, 0.29) is 29.5 Å². The second-order valence-electron chi connectivity index (χ2n) is 8.22. The lowest BCUT2D eigenvalue weighted by atomic mass is 9.89. The van der Waals surface area contributed by atoms with Crippen LogP contribution in [0.3, 0.4) is 0 Å². The van der Waals surface area contributed by atoms with E-state index in [2.05, 4.69) is 0 Å². The van der Waals surface area contributed by atoms with Gasteiger partial charge in [0.05, 0.1) is 10.5 Å². The summed E-state index contributed by atoms with van der Waals surface area (Å²) in [7, 11) is -3.79. The van der Waals surface area contributed by atoms with Crippen molar-refractivity contribution in [1.29, 1.82) is 0 Å². The first-order valence-corrected chi connectivity index (χ1v) is 12.1. The van der Waals surface area contributed by atoms with Crippen LogP contribution < -0.4 is 0 Å². The molecule has 0 aromatic heterocycles.